The van der Waals surface area contributed by atoms with E-state index in [9.17, 15) is 0 Å². The predicted octanol–water partition coefficient (Wildman–Crippen LogP) is 2.83. The smallest absolute Gasteiger partial charge is 0.0487 e. The second-order valence-electron chi connectivity index (χ2n) is 4.24. The fraction of sp³-hybridized carbons (Fsp3) is 0.231. The Morgan fingerprint density at radius 3 is 3.00 bits per heavy atom. The van der Waals surface area contributed by atoms with E-state index in [4.69, 9.17) is 5.73 Å². The highest BCUT2D eigenvalue weighted by Crippen LogP contribution is 2.53. The molecule has 1 aliphatic heterocycles. The van der Waals surface area contributed by atoms with Gasteiger partial charge in [-0.2, -0.15) is 0 Å². The first-order valence-corrected chi connectivity index (χ1v) is 6.01. The van der Waals surface area contributed by atoms with Crippen LogP contribution in [0.15, 0.2) is 53.1 Å². The summed E-state index contributed by atoms with van der Waals surface area (Å²) in [5, 5.41) is 0.458. The average molecular weight is 215 g/mol. The Kier molecular flexibility index (Phi) is 1.77. The van der Waals surface area contributed by atoms with Crippen LogP contribution < -0.4 is 5.73 Å². The van der Waals surface area contributed by atoms with E-state index in [0.29, 0.717) is 5.25 Å². The number of thioether (sulfide) groups is 1. The van der Waals surface area contributed by atoms with Gasteiger partial charge in [0.15, 0.2) is 0 Å². The van der Waals surface area contributed by atoms with E-state index in [-0.39, 0.29) is 5.41 Å². The Morgan fingerprint density at radius 2 is 2.13 bits per heavy atom. The zero-order valence-electron chi connectivity index (χ0n) is 8.60. The van der Waals surface area contributed by atoms with Crippen molar-refractivity contribution < 1.29 is 0 Å². The molecule has 0 saturated heterocycles. The summed E-state index contributed by atoms with van der Waals surface area (Å²) in [6, 6.07) is 8.57. The topological polar surface area (TPSA) is 26.0 Å². The SMILES string of the molecule is CC12C(N)=CC=CC1Sc1ccccc12. The Morgan fingerprint density at radius 1 is 1.33 bits per heavy atom. The number of benzene rings is 1. The Balaban J connectivity index is 2.24. The lowest BCUT2D eigenvalue weighted by atomic mass is 9.75. The van der Waals surface area contributed by atoms with Crippen molar-refractivity contribution in [1.82, 2.24) is 0 Å². The third-order valence-corrected chi connectivity index (χ3v) is 4.92. The minimum absolute atomic E-state index is 0.00396. The van der Waals surface area contributed by atoms with Crippen molar-refractivity contribution in [3.63, 3.8) is 0 Å². The average Bonchev–Trinajstić information content (AvgIpc) is 2.55. The summed E-state index contributed by atoms with van der Waals surface area (Å²) in [5.74, 6) is 0. The summed E-state index contributed by atoms with van der Waals surface area (Å²) in [6.45, 7) is 2.24. The fourth-order valence-corrected chi connectivity index (χ4v) is 3.90. The quantitative estimate of drug-likeness (QED) is 0.720. The van der Waals surface area contributed by atoms with E-state index in [2.05, 4.69) is 43.3 Å². The van der Waals surface area contributed by atoms with E-state index in [1.807, 2.05) is 17.8 Å². The molecule has 2 heteroatoms. The van der Waals surface area contributed by atoms with Gasteiger partial charge in [-0.15, -0.1) is 11.8 Å². The van der Waals surface area contributed by atoms with Gasteiger partial charge < -0.3 is 5.73 Å². The van der Waals surface area contributed by atoms with E-state index in [1.54, 1.807) is 0 Å². The van der Waals surface area contributed by atoms with Gasteiger partial charge in [0.25, 0.3) is 0 Å². The molecular formula is C13H13NS. The van der Waals surface area contributed by atoms with Crippen molar-refractivity contribution in [3.05, 3.63) is 53.8 Å². The molecule has 1 nitrogen and oxygen atoms in total. The fourth-order valence-electron chi connectivity index (χ4n) is 2.39. The maximum absolute atomic E-state index is 6.17. The molecule has 1 aliphatic carbocycles. The van der Waals surface area contributed by atoms with Crippen LogP contribution >= 0.6 is 11.8 Å². The maximum Gasteiger partial charge on any atom is 0.0487 e. The monoisotopic (exact) mass is 215 g/mol. The highest BCUT2D eigenvalue weighted by Gasteiger charge is 2.45. The van der Waals surface area contributed by atoms with E-state index >= 15 is 0 Å². The van der Waals surface area contributed by atoms with Crippen molar-refractivity contribution >= 4 is 11.8 Å². The molecule has 0 radical (unpaired) electrons. The first kappa shape index (κ1) is 9.10. The number of hydrogen-bond donors (Lipinski definition) is 1. The Bertz CT molecular complexity index is 475. The molecule has 0 bridgehead atoms. The van der Waals surface area contributed by atoms with Crippen LogP contribution in [0.1, 0.15) is 12.5 Å². The summed E-state index contributed by atoms with van der Waals surface area (Å²) < 4.78 is 0. The summed E-state index contributed by atoms with van der Waals surface area (Å²) >= 11 is 1.92. The minimum Gasteiger partial charge on any atom is -0.401 e. The highest BCUT2D eigenvalue weighted by atomic mass is 32.2. The normalized spacial score (nSPS) is 32.1. The second-order valence-corrected chi connectivity index (χ2v) is 5.43. The van der Waals surface area contributed by atoms with Gasteiger partial charge in [-0.25, -0.2) is 0 Å². The van der Waals surface area contributed by atoms with Crippen molar-refractivity contribution in [2.24, 2.45) is 5.73 Å². The van der Waals surface area contributed by atoms with Gasteiger partial charge >= 0.3 is 0 Å². The molecule has 1 aromatic carbocycles. The lowest BCUT2D eigenvalue weighted by molar-refractivity contribution is 0.571. The van der Waals surface area contributed by atoms with Crippen LogP contribution in [0.25, 0.3) is 0 Å². The third kappa shape index (κ3) is 1.06. The second kappa shape index (κ2) is 2.92. The molecule has 0 fully saturated rings. The molecule has 76 valence electrons. The first-order chi connectivity index (χ1) is 7.23. The van der Waals surface area contributed by atoms with Gasteiger partial charge in [0.05, 0.1) is 0 Å². The van der Waals surface area contributed by atoms with Gasteiger partial charge in [0.2, 0.25) is 0 Å². The van der Waals surface area contributed by atoms with Crippen molar-refractivity contribution in [2.75, 3.05) is 0 Å². The number of fused-ring (bicyclic) bond motifs is 3. The van der Waals surface area contributed by atoms with Gasteiger partial charge in [0.1, 0.15) is 0 Å². The van der Waals surface area contributed by atoms with Gasteiger partial charge in [0, 0.05) is 21.3 Å². The van der Waals surface area contributed by atoms with Crippen LogP contribution in [0, 0.1) is 0 Å². The largest absolute Gasteiger partial charge is 0.401 e. The van der Waals surface area contributed by atoms with Gasteiger partial charge in [-0.1, -0.05) is 30.4 Å². The number of nitrogens with two attached hydrogens (primary N) is 1. The lowest BCUT2D eigenvalue weighted by Gasteiger charge is -2.32. The summed E-state index contributed by atoms with van der Waals surface area (Å²) in [7, 11) is 0. The molecule has 0 aromatic heterocycles. The van der Waals surface area contributed by atoms with Crippen LogP contribution in [0.2, 0.25) is 0 Å². The summed E-state index contributed by atoms with van der Waals surface area (Å²) in [4.78, 5) is 1.37. The molecule has 15 heavy (non-hydrogen) atoms. The zero-order valence-corrected chi connectivity index (χ0v) is 9.42. The minimum atomic E-state index is -0.00396. The molecule has 1 aromatic rings. The standard InChI is InChI=1S/C13H13NS/c1-13-9-5-2-3-6-10(9)15-12(13)8-4-7-11(13)14/h2-8,12H,14H2,1H3. The zero-order chi connectivity index (χ0) is 10.5. The first-order valence-electron chi connectivity index (χ1n) is 5.13. The molecule has 2 atom stereocenters. The van der Waals surface area contributed by atoms with Gasteiger partial charge in [-0.3, -0.25) is 0 Å². The highest BCUT2D eigenvalue weighted by molar-refractivity contribution is 8.00. The molecule has 2 unspecified atom stereocenters. The van der Waals surface area contributed by atoms with Crippen LogP contribution in [0.3, 0.4) is 0 Å². The van der Waals surface area contributed by atoms with Gasteiger partial charge in [-0.05, 0) is 24.6 Å². The van der Waals surface area contributed by atoms with Crippen LogP contribution in [-0.2, 0) is 5.41 Å². The van der Waals surface area contributed by atoms with Crippen LogP contribution in [0.4, 0.5) is 0 Å². The molecule has 0 amide bonds. The molecule has 0 saturated carbocycles. The number of hydrogen-bond acceptors (Lipinski definition) is 2. The van der Waals surface area contributed by atoms with Crippen molar-refractivity contribution in [2.45, 2.75) is 22.5 Å². The summed E-state index contributed by atoms with van der Waals surface area (Å²) in [5.41, 5.74) is 8.51. The predicted molar refractivity (Wildman–Crippen MR) is 64.8 cm³/mol. The van der Waals surface area contributed by atoms with E-state index in [1.165, 1.54) is 10.5 Å². The van der Waals surface area contributed by atoms with Crippen LogP contribution in [0.5, 0.6) is 0 Å². The van der Waals surface area contributed by atoms with Crippen molar-refractivity contribution in [1.29, 1.82) is 0 Å². The molecular weight excluding hydrogens is 202 g/mol. The molecule has 2 aliphatic rings. The molecule has 1 heterocycles. The lowest BCUT2D eigenvalue weighted by Crippen LogP contribution is -2.37. The molecule has 2 N–H and O–H groups in total. The third-order valence-electron chi connectivity index (χ3n) is 3.43. The Hall–Kier alpha value is -1.15. The van der Waals surface area contributed by atoms with Crippen molar-refractivity contribution in [3.8, 4) is 0 Å². The number of rotatable bonds is 0. The maximum atomic E-state index is 6.17. The molecule has 0 spiro atoms. The summed E-state index contributed by atoms with van der Waals surface area (Å²) in [6.07, 6.45) is 6.35. The van der Waals surface area contributed by atoms with E-state index in [0.717, 1.165) is 5.70 Å². The Labute approximate surface area is 94.1 Å². The number of allylic oxidation sites excluding steroid dienone is 3. The molecule has 3 rings (SSSR count). The van der Waals surface area contributed by atoms with Crippen LogP contribution in [-0.4, -0.2) is 5.25 Å². The van der Waals surface area contributed by atoms with E-state index < -0.39 is 0 Å².